The first-order valence-electron chi connectivity index (χ1n) is 6.01. The molecule has 0 heterocycles. The van der Waals surface area contributed by atoms with Crippen LogP contribution in [-0.4, -0.2) is 18.6 Å². The second kappa shape index (κ2) is 6.11. The standard InChI is InChI=1S/C12H23NO2/c1-9(2)7-8-15-12(14)10-3-5-11(13)6-4-10/h9-11H,3-8,13H2,1-2H3. The van der Waals surface area contributed by atoms with E-state index in [4.69, 9.17) is 10.5 Å². The summed E-state index contributed by atoms with van der Waals surface area (Å²) in [6.45, 7) is 4.83. The van der Waals surface area contributed by atoms with Crippen LogP contribution in [-0.2, 0) is 9.53 Å². The van der Waals surface area contributed by atoms with Gasteiger partial charge < -0.3 is 10.5 Å². The molecule has 0 unspecified atom stereocenters. The predicted molar refractivity (Wildman–Crippen MR) is 60.3 cm³/mol. The minimum Gasteiger partial charge on any atom is -0.465 e. The number of esters is 1. The van der Waals surface area contributed by atoms with Gasteiger partial charge in [0, 0.05) is 6.04 Å². The van der Waals surface area contributed by atoms with E-state index in [0.29, 0.717) is 18.6 Å². The lowest BCUT2D eigenvalue weighted by molar-refractivity contribution is -0.150. The van der Waals surface area contributed by atoms with E-state index in [1.807, 2.05) is 0 Å². The molecule has 0 aromatic heterocycles. The Kier molecular flexibility index (Phi) is 5.09. The second-order valence-electron chi connectivity index (χ2n) is 4.96. The molecule has 1 aliphatic carbocycles. The van der Waals surface area contributed by atoms with E-state index >= 15 is 0 Å². The van der Waals surface area contributed by atoms with Crippen molar-refractivity contribution in [3.8, 4) is 0 Å². The van der Waals surface area contributed by atoms with Crippen LogP contribution in [0.1, 0.15) is 46.0 Å². The maximum absolute atomic E-state index is 11.6. The van der Waals surface area contributed by atoms with Gasteiger partial charge in [-0.25, -0.2) is 0 Å². The first kappa shape index (κ1) is 12.5. The fourth-order valence-corrected chi connectivity index (χ4v) is 1.87. The van der Waals surface area contributed by atoms with Gasteiger partial charge in [-0.1, -0.05) is 13.8 Å². The average molecular weight is 213 g/mol. The van der Waals surface area contributed by atoms with Crippen LogP contribution in [0.3, 0.4) is 0 Å². The molecule has 0 saturated heterocycles. The third-order valence-corrected chi connectivity index (χ3v) is 3.04. The average Bonchev–Trinajstić information content (AvgIpc) is 2.18. The lowest BCUT2D eigenvalue weighted by atomic mass is 9.86. The molecule has 15 heavy (non-hydrogen) atoms. The van der Waals surface area contributed by atoms with Gasteiger partial charge in [0.15, 0.2) is 0 Å². The molecule has 0 aromatic carbocycles. The number of hydrogen-bond acceptors (Lipinski definition) is 3. The molecule has 1 saturated carbocycles. The van der Waals surface area contributed by atoms with Gasteiger partial charge in [-0.15, -0.1) is 0 Å². The van der Waals surface area contributed by atoms with E-state index in [0.717, 1.165) is 32.1 Å². The van der Waals surface area contributed by atoms with Gasteiger partial charge in [-0.3, -0.25) is 4.79 Å². The number of hydrogen-bond donors (Lipinski definition) is 1. The monoisotopic (exact) mass is 213 g/mol. The summed E-state index contributed by atoms with van der Waals surface area (Å²) in [4.78, 5) is 11.6. The zero-order valence-electron chi connectivity index (χ0n) is 9.87. The maximum atomic E-state index is 11.6. The lowest BCUT2D eigenvalue weighted by Crippen LogP contribution is -2.30. The van der Waals surface area contributed by atoms with Gasteiger partial charge in [0.2, 0.25) is 0 Å². The molecule has 3 heteroatoms. The van der Waals surface area contributed by atoms with Crippen molar-refractivity contribution >= 4 is 5.97 Å². The number of carbonyl (C=O) groups is 1. The summed E-state index contributed by atoms with van der Waals surface area (Å²) in [7, 11) is 0. The first-order valence-corrected chi connectivity index (χ1v) is 6.01. The SMILES string of the molecule is CC(C)CCOC(=O)C1CCC(N)CC1. The topological polar surface area (TPSA) is 52.3 Å². The normalized spacial score (nSPS) is 26.7. The zero-order valence-corrected chi connectivity index (χ0v) is 9.87. The number of rotatable bonds is 4. The highest BCUT2D eigenvalue weighted by Crippen LogP contribution is 2.24. The molecule has 1 fully saturated rings. The van der Waals surface area contributed by atoms with Gasteiger partial charge in [0.05, 0.1) is 12.5 Å². The van der Waals surface area contributed by atoms with Gasteiger partial charge in [-0.2, -0.15) is 0 Å². The van der Waals surface area contributed by atoms with Crippen molar-refractivity contribution in [1.82, 2.24) is 0 Å². The Balaban J connectivity index is 2.17. The van der Waals surface area contributed by atoms with Crippen LogP contribution in [0.15, 0.2) is 0 Å². The first-order chi connectivity index (χ1) is 7.09. The third kappa shape index (κ3) is 4.65. The zero-order chi connectivity index (χ0) is 11.3. The molecule has 1 aliphatic rings. The molecule has 0 bridgehead atoms. The Hall–Kier alpha value is -0.570. The number of carbonyl (C=O) groups excluding carboxylic acids is 1. The van der Waals surface area contributed by atoms with Crippen LogP contribution in [0.5, 0.6) is 0 Å². The highest BCUT2D eigenvalue weighted by molar-refractivity contribution is 5.72. The number of nitrogens with two attached hydrogens (primary N) is 1. The molecule has 3 nitrogen and oxygen atoms in total. The van der Waals surface area contributed by atoms with Crippen LogP contribution in [0.2, 0.25) is 0 Å². The summed E-state index contributed by atoms with van der Waals surface area (Å²) in [6, 6.07) is 0.296. The Morgan fingerprint density at radius 2 is 1.93 bits per heavy atom. The smallest absolute Gasteiger partial charge is 0.308 e. The summed E-state index contributed by atoms with van der Waals surface area (Å²) in [5.41, 5.74) is 5.78. The fraction of sp³-hybridized carbons (Fsp3) is 0.917. The quantitative estimate of drug-likeness (QED) is 0.727. The molecular weight excluding hydrogens is 190 g/mol. The second-order valence-corrected chi connectivity index (χ2v) is 4.96. The molecule has 0 amide bonds. The summed E-state index contributed by atoms with van der Waals surface area (Å²) in [6.07, 6.45) is 4.69. The summed E-state index contributed by atoms with van der Waals surface area (Å²) in [5.74, 6) is 0.692. The molecule has 88 valence electrons. The molecular formula is C12H23NO2. The highest BCUT2D eigenvalue weighted by Gasteiger charge is 2.25. The van der Waals surface area contributed by atoms with E-state index in [-0.39, 0.29) is 11.9 Å². The number of ether oxygens (including phenoxy) is 1. The third-order valence-electron chi connectivity index (χ3n) is 3.04. The molecule has 0 aliphatic heterocycles. The summed E-state index contributed by atoms with van der Waals surface area (Å²) < 4.78 is 5.25. The summed E-state index contributed by atoms with van der Waals surface area (Å²) >= 11 is 0. The van der Waals surface area contributed by atoms with Crippen LogP contribution in [0.4, 0.5) is 0 Å². The van der Waals surface area contributed by atoms with Crippen molar-refractivity contribution in [2.75, 3.05) is 6.61 Å². The minimum absolute atomic E-state index is 0.0115. The van der Waals surface area contributed by atoms with E-state index < -0.39 is 0 Å². The van der Waals surface area contributed by atoms with Gasteiger partial charge in [0.1, 0.15) is 0 Å². The Bertz CT molecular complexity index is 196. The summed E-state index contributed by atoms with van der Waals surface area (Å²) in [5, 5.41) is 0. The molecule has 0 radical (unpaired) electrons. The highest BCUT2D eigenvalue weighted by atomic mass is 16.5. The maximum Gasteiger partial charge on any atom is 0.308 e. The van der Waals surface area contributed by atoms with Gasteiger partial charge in [-0.05, 0) is 38.0 Å². The van der Waals surface area contributed by atoms with Crippen LogP contribution < -0.4 is 5.73 Å². The molecule has 0 spiro atoms. The van der Waals surface area contributed by atoms with Crippen molar-refractivity contribution < 1.29 is 9.53 Å². The van der Waals surface area contributed by atoms with Gasteiger partial charge >= 0.3 is 5.97 Å². The Morgan fingerprint density at radius 1 is 1.33 bits per heavy atom. The van der Waals surface area contributed by atoms with Crippen LogP contribution in [0.25, 0.3) is 0 Å². The van der Waals surface area contributed by atoms with Crippen LogP contribution in [0, 0.1) is 11.8 Å². The fourth-order valence-electron chi connectivity index (χ4n) is 1.87. The van der Waals surface area contributed by atoms with Crippen molar-refractivity contribution in [2.45, 2.75) is 52.0 Å². The molecule has 0 atom stereocenters. The van der Waals surface area contributed by atoms with Crippen molar-refractivity contribution in [3.63, 3.8) is 0 Å². The van der Waals surface area contributed by atoms with Crippen molar-refractivity contribution in [1.29, 1.82) is 0 Å². The minimum atomic E-state index is -0.0115. The van der Waals surface area contributed by atoms with E-state index in [1.54, 1.807) is 0 Å². The van der Waals surface area contributed by atoms with Crippen molar-refractivity contribution in [2.24, 2.45) is 17.6 Å². The van der Waals surface area contributed by atoms with E-state index in [9.17, 15) is 4.79 Å². The molecule has 1 rings (SSSR count). The van der Waals surface area contributed by atoms with E-state index in [2.05, 4.69) is 13.8 Å². The molecule has 0 aromatic rings. The molecule has 2 N–H and O–H groups in total. The Labute approximate surface area is 92.4 Å². The van der Waals surface area contributed by atoms with E-state index in [1.165, 1.54) is 0 Å². The van der Waals surface area contributed by atoms with Crippen molar-refractivity contribution in [3.05, 3.63) is 0 Å². The van der Waals surface area contributed by atoms with Crippen LogP contribution >= 0.6 is 0 Å². The Morgan fingerprint density at radius 3 is 2.47 bits per heavy atom. The predicted octanol–water partition coefficient (Wildman–Crippen LogP) is 2.09. The van der Waals surface area contributed by atoms with Gasteiger partial charge in [0.25, 0.3) is 0 Å². The largest absolute Gasteiger partial charge is 0.465 e. The lowest BCUT2D eigenvalue weighted by Gasteiger charge is -2.24.